The molecule has 7 rings (SSSR count). The third-order valence-electron chi connectivity index (χ3n) is 9.66. The molecule has 4 aromatic rings. The fraction of sp³-hybridized carbons (Fsp3) is 0.394. The zero-order valence-corrected chi connectivity index (χ0v) is 26.9. The first kappa shape index (κ1) is 31.5. The maximum atomic E-state index is 16.8. The molecule has 4 unspecified atom stereocenters. The molecule has 3 fully saturated rings. The largest absolute Gasteiger partial charge is 0.471 e. The summed E-state index contributed by atoms with van der Waals surface area (Å²) in [6, 6.07) is 5.46. The SMILES string of the molecule is C=CC(=O)N1CCC(Oc2nc(OCC34CCCN3CC(F)C4)nc3c(F)c(-c4ccc(F)c5sc(N)c(C#N)c45)c(Cl)cc23)C1C. The molecule has 0 spiro atoms. The molecule has 2 aromatic carbocycles. The fourth-order valence-corrected chi connectivity index (χ4v) is 8.59. The molecule has 0 radical (unpaired) electrons. The summed E-state index contributed by atoms with van der Waals surface area (Å²) in [5.41, 5.74) is 5.42. The molecule has 47 heavy (non-hydrogen) atoms. The van der Waals surface area contributed by atoms with Gasteiger partial charge in [0.25, 0.3) is 0 Å². The summed E-state index contributed by atoms with van der Waals surface area (Å²) in [4.78, 5) is 25.1. The van der Waals surface area contributed by atoms with Gasteiger partial charge in [0.2, 0.25) is 11.8 Å². The van der Waals surface area contributed by atoms with Gasteiger partial charge in [-0.05, 0) is 50.1 Å². The first-order chi connectivity index (χ1) is 22.5. The normalized spacial score (nSPS) is 24.2. The number of likely N-dealkylation sites (tertiary alicyclic amines) is 1. The van der Waals surface area contributed by atoms with Crippen LogP contribution in [-0.4, -0.2) is 75.8 Å². The summed E-state index contributed by atoms with van der Waals surface area (Å²) in [6.45, 7) is 7.03. The molecular weight excluding hydrogens is 653 g/mol. The van der Waals surface area contributed by atoms with Crippen LogP contribution in [0.2, 0.25) is 5.02 Å². The highest BCUT2D eigenvalue weighted by Crippen LogP contribution is 2.46. The number of hydrogen-bond acceptors (Lipinski definition) is 9. The average molecular weight is 683 g/mol. The molecule has 14 heteroatoms. The van der Waals surface area contributed by atoms with Gasteiger partial charge in [-0.3, -0.25) is 9.69 Å². The summed E-state index contributed by atoms with van der Waals surface area (Å²) in [7, 11) is 0. The van der Waals surface area contributed by atoms with Crippen molar-refractivity contribution < 1.29 is 27.4 Å². The van der Waals surface area contributed by atoms with Crippen molar-refractivity contribution in [3.63, 3.8) is 0 Å². The van der Waals surface area contributed by atoms with Gasteiger partial charge >= 0.3 is 6.01 Å². The fourth-order valence-electron chi connectivity index (χ4n) is 7.35. The maximum absolute atomic E-state index is 16.8. The number of halogens is 4. The lowest BCUT2D eigenvalue weighted by molar-refractivity contribution is -0.127. The number of nitriles is 1. The van der Waals surface area contributed by atoms with Crippen molar-refractivity contribution in [2.45, 2.75) is 56.5 Å². The predicted octanol–water partition coefficient (Wildman–Crippen LogP) is 6.41. The number of nitrogens with zero attached hydrogens (tertiary/aromatic N) is 5. The standard InChI is InChI=1S/C33H30ClF3N6O3S/c1-3-24(44)43-10-7-23(16(43)2)46-31-19-11-21(34)26(18-5-6-22(36)29-25(18)20(13-38)30(39)47-29)27(37)28(19)40-32(41-31)45-15-33-8-4-9-42(33)14-17(35)12-33/h3,5-6,11,16-17,23H,1,4,7-10,12,14-15,39H2,2H3. The quantitative estimate of drug-likeness (QED) is 0.223. The highest BCUT2D eigenvalue weighted by molar-refractivity contribution is 7.23. The van der Waals surface area contributed by atoms with Crippen LogP contribution in [0.25, 0.3) is 32.1 Å². The number of aromatic nitrogens is 2. The number of anilines is 1. The Bertz CT molecular complexity index is 2000. The Morgan fingerprint density at radius 2 is 2.15 bits per heavy atom. The number of fused-ring (bicyclic) bond motifs is 3. The number of nitrogen functional groups attached to an aromatic ring is 1. The van der Waals surface area contributed by atoms with Gasteiger partial charge in [-0.15, -0.1) is 11.3 Å². The monoisotopic (exact) mass is 682 g/mol. The topological polar surface area (TPSA) is 118 Å². The summed E-state index contributed by atoms with van der Waals surface area (Å²) in [6.07, 6.45) is 2.22. The molecule has 0 bridgehead atoms. The van der Waals surface area contributed by atoms with Gasteiger partial charge in [-0.25, -0.2) is 13.2 Å². The highest BCUT2D eigenvalue weighted by Gasteiger charge is 2.49. The van der Waals surface area contributed by atoms with E-state index in [0.717, 1.165) is 30.7 Å². The van der Waals surface area contributed by atoms with Gasteiger partial charge in [-0.1, -0.05) is 24.2 Å². The molecule has 1 amide bonds. The predicted molar refractivity (Wildman–Crippen MR) is 173 cm³/mol. The lowest BCUT2D eigenvalue weighted by Gasteiger charge is -2.31. The summed E-state index contributed by atoms with van der Waals surface area (Å²) >= 11 is 7.65. The number of hydrogen-bond donors (Lipinski definition) is 1. The Hall–Kier alpha value is -4.12. The number of carbonyl (C=O) groups excluding carboxylic acids is 1. The van der Waals surface area contributed by atoms with Crippen molar-refractivity contribution in [1.29, 1.82) is 5.26 Å². The summed E-state index contributed by atoms with van der Waals surface area (Å²) in [5, 5.41) is 10.2. The van der Waals surface area contributed by atoms with Crippen LogP contribution in [0.15, 0.2) is 30.9 Å². The molecule has 4 atom stereocenters. The van der Waals surface area contributed by atoms with E-state index in [2.05, 4.69) is 21.4 Å². The second-order valence-corrected chi connectivity index (χ2v) is 13.8. The van der Waals surface area contributed by atoms with Gasteiger partial charge in [0.15, 0.2) is 5.82 Å². The first-order valence-corrected chi connectivity index (χ1v) is 16.5. The van der Waals surface area contributed by atoms with Gasteiger partial charge in [0, 0.05) is 36.9 Å². The van der Waals surface area contributed by atoms with Crippen LogP contribution in [0.1, 0.15) is 38.2 Å². The zero-order valence-electron chi connectivity index (χ0n) is 25.4. The smallest absolute Gasteiger partial charge is 0.320 e. The number of carbonyl (C=O) groups is 1. The summed E-state index contributed by atoms with van der Waals surface area (Å²) < 4.78 is 58.7. The zero-order chi connectivity index (χ0) is 33.2. The van der Waals surface area contributed by atoms with Crippen LogP contribution >= 0.6 is 22.9 Å². The minimum Gasteiger partial charge on any atom is -0.471 e. The Morgan fingerprint density at radius 3 is 2.91 bits per heavy atom. The van der Waals surface area contributed by atoms with Crippen LogP contribution < -0.4 is 15.2 Å². The molecule has 0 saturated carbocycles. The number of benzene rings is 2. The number of amides is 1. The van der Waals surface area contributed by atoms with E-state index in [9.17, 15) is 18.8 Å². The maximum Gasteiger partial charge on any atom is 0.320 e. The Morgan fingerprint density at radius 1 is 1.34 bits per heavy atom. The molecule has 3 aliphatic heterocycles. The molecule has 2 N–H and O–H groups in total. The third-order valence-corrected chi connectivity index (χ3v) is 11.0. The Labute approximate surface area is 277 Å². The molecule has 244 valence electrons. The molecular formula is C33H30ClF3N6O3S. The molecule has 9 nitrogen and oxygen atoms in total. The van der Waals surface area contributed by atoms with Gasteiger partial charge < -0.3 is 20.1 Å². The van der Waals surface area contributed by atoms with Crippen molar-refractivity contribution in [2.75, 3.05) is 32.0 Å². The van der Waals surface area contributed by atoms with Gasteiger partial charge in [0.1, 0.15) is 41.3 Å². The molecule has 2 aromatic heterocycles. The number of ether oxygens (including phenoxy) is 2. The van der Waals surface area contributed by atoms with Crippen LogP contribution in [-0.2, 0) is 4.79 Å². The minimum absolute atomic E-state index is 0.000542. The van der Waals surface area contributed by atoms with E-state index >= 15 is 4.39 Å². The summed E-state index contributed by atoms with van der Waals surface area (Å²) in [5.74, 6) is -1.71. The van der Waals surface area contributed by atoms with E-state index in [1.165, 1.54) is 24.3 Å². The van der Waals surface area contributed by atoms with Crippen LogP contribution in [0.4, 0.5) is 18.2 Å². The van der Waals surface area contributed by atoms with E-state index in [0.29, 0.717) is 25.9 Å². The lowest BCUT2D eigenvalue weighted by Crippen LogP contribution is -2.43. The Kier molecular flexibility index (Phi) is 7.93. The van der Waals surface area contributed by atoms with Crippen molar-refractivity contribution in [1.82, 2.24) is 19.8 Å². The lowest BCUT2D eigenvalue weighted by atomic mass is 9.95. The number of thiophene rings is 1. The van der Waals surface area contributed by atoms with Crippen molar-refractivity contribution in [2.24, 2.45) is 0 Å². The van der Waals surface area contributed by atoms with E-state index in [1.54, 1.807) is 4.90 Å². The van der Waals surface area contributed by atoms with Crippen LogP contribution in [0, 0.1) is 23.0 Å². The molecule has 3 aliphatic rings. The molecule has 0 aliphatic carbocycles. The van der Waals surface area contributed by atoms with Crippen molar-refractivity contribution in [3.05, 3.63) is 53.1 Å². The second-order valence-electron chi connectivity index (χ2n) is 12.3. The minimum atomic E-state index is -0.973. The number of nitrogens with two attached hydrogens (primary N) is 1. The van der Waals surface area contributed by atoms with Crippen molar-refractivity contribution >= 4 is 54.8 Å². The van der Waals surface area contributed by atoms with Crippen molar-refractivity contribution in [3.8, 4) is 29.1 Å². The van der Waals surface area contributed by atoms with Gasteiger partial charge in [0.05, 0.1) is 32.3 Å². The van der Waals surface area contributed by atoms with E-state index in [1.807, 2.05) is 13.0 Å². The third kappa shape index (κ3) is 5.14. The highest BCUT2D eigenvalue weighted by atomic mass is 35.5. The van der Waals surface area contributed by atoms with Crippen LogP contribution in [0.5, 0.6) is 11.9 Å². The first-order valence-electron chi connectivity index (χ1n) is 15.3. The second kappa shape index (κ2) is 11.8. The number of rotatable bonds is 7. The molecule has 3 saturated heterocycles. The Balaban J connectivity index is 1.36. The van der Waals surface area contributed by atoms with E-state index in [-0.39, 0.29) is 78.1 Å². The van der Waals surface area contributed by atoms with Gasteiger partial charge in [-0.2, -0.15) is 15.2 Å². The van der Waals surface area contributed by atoms with E-state index < -0.39 is 29.4 Å². The van der Waals surface area contributed by atoms with Crippen LogP contribution in [0.3, 0.4) is 0 Å². The molecule has 5 heterocycles. The van der Waals surface area contributed by atoms with E-state index in [4.69, 9.17) is 26.8 Å². The number of alkyl halides is 1. The average Bonchev–Trinajstić information content (AvgIpc) is 3.78.